The first-order valence-corrected chi connectivity index (χ1v) is 11.3. The van der Waals surface area contributed by atoms with Gasteiger partial charge in [0, 0.05) is 25.7 Å². The summed E-state index contributed by atoms with van der Waals surface area (Å²) in [5.41, 5.74) is 0.636. The average Bonchev–Trinajstić information content (AvgIpc) is 2.78. The number of hydrogen-bond donors (Lipinski definition) is 3. The van der Waals surface area contributed by atoms with Gasteiger partial charge in [-0.15, -0.1) is 0 Å². The number of pyridine rings is 1. The highest BCUT2D eigenvalue weighted by molar-refractivity contribution is 5.87. The van der Waals surface area contributed by atoms with Crippen molar-refractivity contribution in [1.29, 1.82) is 0 Å². The molecule has 3 amide bonds. The zero-order valence-corrected chi connectivity index (χ0v) is 20.8. The summed E-state index contributed by atoms with van der Waals surface area (Å²) in [4.78, 5) is 40.9. The molecule has 0 saturated heterocycles. The Labute approximate surface area is 205 Å². The SMILES string of the molecule is CNC(=O)Cc1ccc(OCCN(CC(O)c2ccc(NC(C)=O)nc2)C(=O)OC(C)(C)C)cc1. The molecule has 0 saturated carbocycles. The van der Waals surface area contributed by atoms with Crippen LogP contribution in [0.1, 0.15) is 44.9 Å². The highest BCUT2D eigenvalue weighted by Crippen LogP contribution is 2.18. The summed E-state index contributed by atoms with van der Waals surface area (Å²) in [6.45, 7) is 6.97. The lowest BCUT2D eigenvalue weighted by atomic mass is 10.1. The van der Waals surface area contributed by atoms with Gasteiger partial charge in [0.1, 0.15) is 23.8 Å². The number of aliphatic hydroxyl groups excluding tert-OH is 1. The molecule has 0 bridgehead atoms. The Morgan fingerprint density at radius 1 is 1.11 bits per heavy atom. The number of aliphatic hydroxyl groups is 1. The van der Waals surface area contributed by atoms with Crippen LogP contribution in [0.25, 0.3) is 0 Å². The van der Waals surface area contributed by atoms with E-state index in [0.29, 0.717) is 17.1 Å². The van der Waals surface area contributed by atoms with E-state index in [2.05, 4.69) is 15.6 Å². The van der Waals surface area contributed by atoms with E-state index in [0.717, 1.165) is 5.56 Å². The molecule has 2 rings (SSSR count). The Balaban J connectivity index is 2.01. The first-order valence-electron chi connectivity index (χ1n) is 11.3. The molecule has 35 heavy (non-hydrogen) atoms. The number of nitrogens with zero attached hydrogens (tertiary/aromatic N) is 2. The standard InChI is InChI=1S/C25H34N4O6/c1-17(30)28-22-11-8-19(15-27-22)21(31)16-29(24(33)35-25(2,3)4)12-13-34-20-9-6-18(7-10-20)14-23(32)26-5/h6-11,15,21,31H,12-14,16H2,1-5H3,(H,26,32)(H,27,28,30). The van der Waals surface area contributed by atoms with Gasteiger partial charge >= 0.3 is 6.09 Å². The number of carbonyl (C=O) groups excluding carboxylic acids is 3. The predicted octanol–water partition coefficient (Wildman–Crippen LogP) is 2.68. The van der Waals surface area contributed by atoms with Crippen LogP contribution >= 0.6 is 0 Å². The van der Waals surface area contributed by atoms with Crippen molar-refractivity contribution in [3.63, 3.8) is 0 Å². The summed E-state index contributed by atoms with van der Waals surface area (Å²) < 4.78 is 11.2. The third kappa shape index (κ3) is 10.0. The van der Waals surface area contributed by atoms with Gasteiger partial charge in [-0.1, -0.05) is 18.2 Å². The van der Waals surface area contributed by atoms with Gasteiger partial charge in [0.05, 0.1) is 25.6 Å². The van der Waals surface area contributed by atoms with E-state index in [1.54, 1.807) is 64.2 Å². The Bertz CT molecular complexity index is 987. The van der Waals surface area contributed by atoms with Crippen molar-refractivity contribution in [2.75, 3.05) is 32.1 Å². The molecule has 190 valence electrons. The number of benzene rings is 1. The molecule has 0 aliphatic heterocycles. The Kier molecular flexibility index (Phi) is 10.0. The van der Waals surface area contributed by atoms with Crippen LogP contribution in [-0.4, -0.2) is 65.2 Å². The summed E-state index contributed by atoms with van der Waals surface area (Å²) in [6, 6.07) is 10.3. The van der Waals surface area contributed by atoms with E-state index in [4.69, 9.17) is 9.47 Å². The van der Waals surface area contributed by atoms with Crippen molar-refractivity contribution in [2.45, 2.75) is 45.8 Å². The molecule has 2 aromatic rings. The van der Waals surface area contributed by atoms with Crippen molar-refractivity contribution in [2.24, 2.45) is 0 Å². The van der Waals surface area contributed by atoms with E-state index >= 15 is 0 Å². The Morgan fingerprint density at radius 3 is 2.34 bits per heavy atom. The fraction of sp³-hybridized carbons (Fsp3) is 0.440. The van der Waals surface area contributed by atoms with E-state index in [1.165, 1.54) is 18.0 Å². The number of rotatable bonds is 10. The number of likely N-dealkylation sites (N-methyl/N-ethyl adjacent to an activating group) is 1. The molecule has 3 N–H and O–H groups in total. The normalized spacial score (nSPS) is 11.8. The Morgan fingerprint density at radius 2 is 1.80 bits per heavy atom. The first-order chi connectivity index (χ1) is 16.5. The smallest absolute Gasteiger partial charge is 0.410 e. The van der Waals surface area contributed by atoms with E-state index in [9.17, 15) is 19.5 Å². The second-order valence-electron chi connectivity index (χ2n) is 8.94. The molecule has 1 atom stereocenters. The van der Waals surface area contributed by atoms with Crippen molar-refractivity contribution in [1.82, 2.24) is 15.2 Å². The monoisotopic (exact) mass is 486 g/mol. The molecular formula is C25H34N4O6. The molecule has 1 aromatic heterocycles. The highest BCUT2D eigenvalue weighted by atomic mass is 16.6. The van der Waals surface area contributed by atoms with Crippen LogP contribution in [0.4, 0.5) is 10.6 Å². The van der Waals surface area contributed by atoms with Crippen LogP contribution in [0, 0.1) is 0 Å². The van der Waals surface area contributed by atoms with Crippen LogP contribution in [0.2, 0.25) is 0 Å². The molecule has 0 radical (unpaired) electrons. The zero-order chi connectivity index (χ0) is 26.0. The maximum atomic E-state index is 12.8. The summed E-state index contributed by atoms with van der Waals surface area (Å²) in [5.74, 6) is 0.633. The van der Waals surface area contributed by atoms with Crippen molar-refractivity contribution in [3.05, 3.63) is 53.7 Å². The first kappa shape index (κ1) is 27.6. The average molecular weight is 487 g/mol. The van der Waals surface area contributed by atoms with Gasteiger partial charge in [-0.05, 0) is 44.5 Å². The van der Waals surface area contributed by atoms with Crippen LogP contribution in [0.15, 0.2) is 42.6 Å². The molecule has 1 unspecified atom stereocenters. The van der Waals surface area contributed by atoms with Crippen LogP contribution in [0.5, 0.6) is 5.75 Å². The number of amides is 3. The fourth-order valence-corrected chi connectivity index (χ4v) is 3.01. The van der Waals surface area contributed by atoms with Crippen molar-refractivity contribution in [3.8, 4) is 5.75 Å². The third-order valence-corrected chi connectivity index (χ3v) is 4.72. The van der Waals surface area contributed by atoms with Crippen molar-refractivity contribution < 1.29 is 29.0 Å². The largest absolute Gasteiger partial charge is 0.492 e. The maximum absolute atomic E-state index is 12.8. The minimum Gasteiger partial charge on any atom is -0.492 e. The number of hydrogen-bond acceptors (Lipinski definition) is 7. The molecule has 0 spiro atoms. The van der Waals surface area contributed by atoms with Crippen molar-refractivity contribution >= 4 is 23.7 Å². The molecular weight excluding hydrogens is 452 g/mol. The number of carbonyl (C=O) groups is 3. The summed E-state index contributed by atoms with van der Waals surface area (Å²) >= 11 is 0. The number of ether oxygens (including phenoxy) is 2. The molecule has 1 aromatic carbocycles. The summed E-state index contributed by atoms with van der Waals surface area (Å²) in [7, 11) is 1.59. The van der Waals surface area contributed by atoms with Gasteiger partial charge in [0.25, 0.3) is 0 Å². The highest BCUT2D eigenvalue weighted by Gasteiger charge is 2.25. The van der Waals surface area contributed by atoms with E-state index in [-0.39, 0.29) is 37.9 Å². The lowest BCUT2D eigenvalue weighted by Gasteiger charge is -2.29. The molecule has 0 aliphatic rings. The van der Waals surface area contributed by atoms with Gasteiger partial charge in [-0.25, -0.2) is 9.78 Å². The number of nitrogens with one attached hydrogen (secondary N) is 2. The maximum Gasteiger partial charge on any atom is 0.410 e. The van der Waals surface area contributed by atoms with Gasteiger partial charge in [0.2, 0.25) is 11.8 Å². The fourth-order valence-electron chi connectivity index (χ4n) is 3.01. The Hall–Kier alpha value is -3.66. The van der Waals surface area contributed by atoms with E-state index < -0.39 is 17.8 Å². The van der Waals surface area contributed by atoms with Crippen LogP contribution in [-0.2, 0) is 20.7 Å². The molecule has 0 fully saturated rings. The van der Waals surface area contributed by atoms with E-state index in [1.807, 2.05) is 0 Å². The minimum absolute atomic E-state index is 0.0372. The van der Waals surface area contributed by atoms with Gasteiger partial charge in [-0.3, -0.25) is 9.59 Å². The van der Waals surface area contributed by atoms with Gasteiger partial charge in [0.15, 0.2) is 0 Å². The summed E-state index contributed by atoms with van der Waals surface area (Å²) in [6.07, 6.45) is 0.122. The quantitative estimate of drug-likeness (QED) is 0.471. The zero-order valence-electron chi connectivity index (χ0n) is 20.8. The second-order valence-corrected chi connectivity index (χ2v) is 8.94. The molecule has 10 nitrogen and oxygen atoms in total. The topological polar surface area (TPSA) is 130 Å². The second kappa shape index (κ2) is 12.7. The minimum atomic E-state index is -1.02. The van der Waals surface area contributed by atoms with Gasteiger partial charge in [-0.2, -0.15) is 0 Å². The van der Waals surface area contributed by atoms with Crippen LogP contribution < -0.4 is 15.4 Å². The number of anilines is 1. The molecule has 10 heteroatoms. The predicted molar refractivity (Wildman–Crippen MR) is 131 cm³/mol. The third-order valence-electron chi connectivity index (χ3n) is 4.72. The van der Waals surface area contributed by atoms with Crippen LogP contribution in [0.3, 0.4) is 0 Å². The number of aromatic nitrogens is 1. The summed E-state index contributed by atoms with van der Waals surface area (Å²) in [5, 5.41) is 15.8. The lowest BCUT2D eigenvalue weighted by molar-refractivity contribution is -0.120. The lowest BCUT2D eigenvalue weighted by Crippen LogP contribution is -2.41. The molecule has 0 aliphatic carbocycles. The van der Waals surface area contributed by atoms with Gasteiger partial charge < -0.3 is 30.1 Å². The molecule has 1 heterocycles.